The number of nitrogens with zero attached hydrogens (tertiary/aromatic N) is 1. The van der Waals surface area contributed by atoms with E-state index in [-0.39, 0.29) is 0 Å². The minimum absolute atomic E-state index is 0.528. The fourth-order valence-electron chi connectivity index (χ4n) is 2.31. The van der Waals surface area contributed by atoms with Crippen LogP contribution >= 0.6 is 0 Å². The standard InChI is InChI=1S/C21H39N/c1-9-12-13-14-21(16-15-19(6)17(4)10-2)22(8)20(7)18(5)11-3/h14-19H,7,9-13H2,1-6,8H3/b16-15-,21-14-. The monoisotopic (exact) mass is 305 g/mol. The number of hydrogen-bond donors (Lipinski definition) is 0. The Morgan fingerprint density at radius 1 is 1.09 bits per heavy atom. The van der Waals surface area contributed by atoms with Crippen molar-refractivity contribution in [1.29, 1.82) is 0 Å². The molecule has 0 aliphatic rings. The van der Waals surface area contributed by atoms with Crippen molar-refractivity contribution >= 4 is 0 Å². The molecule has 0 aromatic carbocycles. The van der Waals surface area contributed by atoms with Crippen LogP contribution in [0.5, 0.6) is 0 Å². The van der Waals surface area contributed by atoms with Gasteiger partial charge in [0.25, 0.3) is 0 Å². The number of allylic oxidation sites excluding steroid dienone is 4. The lowest BCUT2D eigenvalue weighted by Gasteiger charge is -2.27. The van der Waals surface area contributed by atoms with Gasteiger partial charge in [-0.3, -0.25) is 0 Å². The Labute approximate surface area is 140 Å². The Morgan fingerprint density at radius 3 is 2.23 bits per heavy atom. The molecule has 0 N–H and O–H groups in total. The van der Waals surface area contributed by atoms with Crippen LogP contribution in [0.2, 0.25) is 0 Å². The van der Waals surface area contributed by atoms with Gasteiger partial charge in [0.15, 0.2) is 0 Å². The van der Waals surface area contributed by atoms with E-state index < -0.39 is 0 Å². The van der Waals surface area contributed by atoms with E-state index in [1.54, 1.807) is 0 Å². The lowest BCUT2D eigenvalue weighted by atomic mass is 9.93. The van der Waals surface area contributed by atoms with Gasteiger partial charge < -0.3 is 4.90 Å². The number of unbranched alkanes of at least 4 members (excludes halogenated alkanes) is 2. The number of likely N-dealkylation sites (N-methyl/N-ethyl adjacent to an activating group) is 1. The Kier molecular flexibility index (Phi) is 11.1. The summed E-state index contributed by atoms with van der Waals surface area (Å²) in [6.07, 6.45) is 13.1. The Hall–Kier alpha value is -0.980. The zero-order chi connectivity index (χ0) is 17.1. The van der Waals surface area contributed by atoms with Crippen LogP contribution in [0.3, 0.4) is 0 Å². The number of rotatable bonds is 11. The normalized spacial score (nSPS) is 16.6. The highest BCUT2D eigenvalue weighted by atomic mass is 15.1. The van der Waals surface area contributed by atoms with E-state index in [1.165, 1.54) is 30.7 Å². The maximum atomic E-state index is 4.30. The van der Waals surface area contributed by atoms with Crippen LogP contribution in [0.25, 0.3) is 0 Å². The molecule has 0 amide bonds. The first-order chi connectivity index (χ1) is 10.4. The van der Waals surface area contributed by atoms with Crippen LogP contribution in [0.15, 0.2) is 36.2 Å². The molecule has 0 spiro atoms. The van der Waals surface area contributed by atoms with E-state index in [0.29, 0.717) is 11.8 Å². The van der Waals surface area contributed by atoms with E-state index in [0.717, 1.165) is 18.8 Å². The first-order valence-electron chi connectivity index (χ1n) is 9.19. The van der Waals surface area contributed by atoms with Gasteiger partial charge in [-0.1, -0.05) is 73.1 Å². The van der Waals surface area contributed by atoms with Crippen molar-refractivity contribution < 1.29 is 0 Å². The molecule has 1 nitrogen and oxygen atoms in total. The van der Waals surface area contributed by atoms with Gasteiger partial charge in [-0.15, -0.1) is 0 Å². The summed E-state index contributed by atoms with van der Waals surface area (Å²) >= 11 is 0. The summed E-state index contributed by atoms with van der Waals surface area (Å²) in [4.78, 5) is 2.28. The van der Waals surface area contributed by atoms with Crippen molar-refractivity contribution in [2.24, 2.45) is 17.8 Å². The molecular formula is C21H39N. The Balaban J connectivity index is 5.08. The second kappa shape index (κ2) is 11.6. The SMILES string of the molecule is C=C(C(C)CC)N(C)C(/C=C\C(C)C(C)CC)=C\CCCC. The first-order valence-corrected chi connectivity index (χ1v) is 9.19. The van der Waals surface area contributed by atoms with E-state index in [9.17, 15) is 0 Å². The Morgan fingerprint density at radius 2 is 1.73 bits per heavy atom. The fourth-order valence-corrected chi connectivity index (χ4v) is 2.31. The zero-order valence-corrected chi connectivity index (χ0v) is 16.2. The summed E-state index contributed by atoms with van der Waals surface area (Å²) < 4.78 is 0. The molecule has 0 aliphatic heterocycles. The van der Waals surface area contributed by atoms with E-state index in [2.05, 4.69) is 78.3 Å². The lowest BCUT2D eigenvalue weighted by Crippen LogP contribution is -2.20. The van der Waals surface area contributed by atoms with Crippen LogP contribution in [0.1, 0.15) is 73.6 Å². The van der Waals surface area contributed by atoms with Gasteiger partial charge in [0, 0.05) is 18.4 Å². The molecule has 0 saturated carbocycles. The molecule has 0 aliphatic carbocycles. The summed E-state index contributed by atoms with van der Waals surface area (Å²) in [7, 11) is 2.16. The predicted molar refractivity (Wildman–Crippen MR) is 102 cm³/mol. The van der Waals surface area contributed by atoms with Crippen molar-refractivity contribution in [1.82, 2.24) is 4.90 Å². The highest BCUT2D eigenvalue weighted by molar-refractivity contribution is 5.23. The van der Waals surface area contributed by atoms with Gasteiger partial charge in [0.05, 0.1) is 0 Å². The molecule has 0 rings (SSSR count). The zero-order valence-electron chi connectivity index (χ0n) is 16.2. The highest BCUT2D eigenvalue weighted by Gasteiger charge is 2.12. The van der Waals surface area contributed by atoms with Crippen molar-refractivity contribution in [3.05, 3.63) is 36.2 Å². The molecule has 0 aromatic rings. The van der Waals surface area contributed by atoms with Crippen molar-refractivity contribution in [2.45, 2.75) is 73.6 Å². The molecule has 128 valence electrons. The van der Waals surface area contributed by atoms with Gasteiger partial charge in [0.1, 0.15) is 0 Å². The summed E-state index contributed by atoms with van der Waals surface area (Å²) in [5.41, 5.74) is 2.51. The maximum Gasteiger partial charge on any atom is 0.0361 e. The molecule has 0 heterocycles. The largest absolute Gasteiger partial charge is 0.349 e. The van der Waals surface area contributed by atoms with Gasteiger partial charge in [-0.2, -0.15) is 0 Å². The van der Waals surface area contributed by atoms with Gasteiger partial charge in [-0.05, 0) is 43.1 Å². The molecule has 0 bridgehead atoms. The average Bonchev–Trinajstić information content (AvgIpc) is 2.54. The second-order valence-electron chi connectivity index (χ2n) is 6.73. The van der Waals surface area contributed by atoms with Gasteiger partial charge >= 0.3 is 0 Å². The topological polar surface area (TPSA) is 3.24 Å². The molecule has 22 heavy (non-hydrogen) atoms. The van der Waals surface area contributed by atoms with Crippen LogP contribution in [0, 0.1) is 17.8 Å². The van der Waals surface area contributed by atoms with Crippen LogP contribution in [-0.4, -0.2) is 11.9 Å². The molecule has 0 aromatic heterocycles. The summed E-state index contributed by atoms with van der Waals surface area (Å²) in [6, 6.07) is 0. The first kappa shape index (κ1) is 21.0. The molecule has 0 radical (unpaired) electrons. The molecular weight excluding hydrogens is 266 g/mol. The number of hydrogen-bond acceptors (Lipinski definition) is 1. The average molecular weight is 306 g/mol. The molecule has 0 fully saturated rings. The van der Waals surface area contributed by atoms with Gasteiger partial charge in [0.2, 0.25) is 0 Å². The summed E-state index contributed by atoms with van der Waals surface area (Å²) in [5, 5.41) is 0. The predicted octanol–water partition coefficient (Wildman–Crippen LogP) is 6.79. The van der Waals surface area contributed by atoms with Crippen molar-refractivity contribution in [3.63, 3.8) is 0 Å². The van der Waals surface area contributed by atoms with Crippen molar-refractivity contribution in [2.75, 3.05) is 7.05 Å². The maximum absolute atomic E-state index is 4.30. The minimum atomic E-state index is 0.528. The quantitative estimate of drug-likeness (QED) is 0.300. The molecule has 3 unspecified atom stereocenters. The van der Waals surface area contributed by atoms with Crippen LogP contribution < -0.4 is 0 Å². The van der Waals surface area contributed by atoms with E-state index >= 15 is 0 Å². The smallest absolute Gasteiger partial charge is 0.0361 e. The van der Waals surface area contributed by atoms with Crippen LogP contribution in [0.4, 0.5) is 0 Å². The third kappa shape index (κ3) is 7.33. The second-order valence-corrected chi connectivity index (χ2v) is 6.73. The lowest BCUT2D eigenvalue weighted by molar-refractivity contribution is 0.434. The third-order valence-corrected chi connectivity index (χ3v) is 5.02. The molecule has 0 saturated heterocycles. The minimum Gasteiger partial charge on any atom is -0.349 e. The fraction of sp³-hybridized carbons (Fsp3) is 0.714. The van der Waals surface area contributed by atoms with Crippen LogP contribution in [-0.2, 0) is 0 Å². The molecule has 3 atom stereocenters. The summed E-state index contributed by atoms with van der Waals surface area (Å²) in [5.74, 6) is 1.88. The molecule has 1 heteroatoms. The Bertz CT molecular complexity index is 364. The van der Waals surface area contributed by atoms with E-state index in [1.807, 2.05) is 0 Å². The van der Waals surface area contributed by atoms with Crippen molar-refractivity contribution in [3.8, 4) is 0 Å². The summed E-state index contributed by atoms with van der Waals surface area (Å²) in [6.45, 7) is 18.0. The third-order valence-electron chi connectivity index (χ3n) is 5.02. The highest BCUT2D eigenvalue weighted by Crippen LogP contribution is 2.23. The van der Waals surface area contributed by atoms with E-state index in [4.69, 9.17) is 0 Å². The van der Waals surface area contributed by atoms with Gasteiger partial charge in [-0.25, -0.2) is 0 Å².